The van der Waals surface area contributed by atoms with Crippen molar-refractivity contribution in [2.24, 2.45) is 11.5 Å². The van der Waals surface area contributed by atoms with Crippen LogP contribution >= 0.6 is 0 Å². The molecule has 0 fully saturated rings. The normalized spacial score (nSPS) is 10.1. The van der Waals surface area contributed by atoms with Gasteiger partial charge in [-0.05, 0) is 25.9 Å². The van der Waals surface area contributed by atoms with Gasteiger partial charge in [-0.1, -0.05) is 12.8 Å². The third-order valence-corrected chi connectivity index (χ3v) is 1.16. The topological polar surface area (TPSA) is 293 Å². The molecule has 0 rings (SSSR count). The SMILES string of the molecule is NCCCCCCN.O=S(=O)([O-])[O-].O=S(=O)([O-])[O-].O=S(=O)([O-])[O-].[Al+3].[Al+3]. The van der Waals surface area contributed by atoms with Crippen molar-refractivity contribution in [2.45, 2.75) is 25.7 Å². The van der Waals surface area contributed by atoms with Gasteiger partial charge in [-0.15, -0.1) is 0 Å². The van der Waals surface area contributed by atoms with Crippen LogP contribution in [0.25, 0.3) is 0 Å². The summed E-state index contributed by atoms with van der Waals surface area (Å²) in [5, 5.41) is 0. The van der Waals surface area contributed by atoms with E-state index in [0.29, 0.717) is 0 Å². The van der Waals surface area contributed by atoms with E-state index < -0.39 is 31.2 Å². The first-order valence-electron chi connectivity index (χ1n) is 5.32. The van der Waals surface area contributed by atoms with Crippen LogP contribution in [0.3, 0.4) is 0 Å². The number of hydrogen-bond acceptors (Lipinski definition) is 14. The van der Waals surface area contributed by atoms with Gasteiger partial charge in [0.25, 0.3) is 0 Å². The molecule has 0 saturated carbocycles. The molecule has 0 radical (unpaired) electrons. The zero-order valence-corrected chi connectivity index (χ0v) is 17.4. The van der Waals surface area contributed by atoms with Gasteiger partial charge in [-0.3, -0.25) is 25.3 Å². The van der Waals surface area contributed by atoms with Gasteiger partial charge < -0.3 is 38.8 Å². The molecule has 0 saturated heterocycles. The second kappa shape index (κ2) is 22.6. The van der Waals surface area contributed by atoms with Gasteiger partial charge in [0.1, 0.15) is 0 Å². The summed E-state index contributed by atoms with van der Waals surface area (Å²) < 4.78 is 102. The molecule has 146 valence electrons. The van der Waals surface area contributed by atoms with Crippen molar-refractivity contribution in [3.63, 3.8) is 0 Å². The molecule has 0 aromatic heterocycles. The molecule has 19 heteroatoms. The summed E-state index contributed by atoms with van der Waals surface area (Å²) in [5.74, 6) is 0. The summed E-state index contributed by atoms with van der Waals surface area (Å²) in [7, 11) is -15.5. The second-order valence-corrected chi connectivity index (χ2v) is 5.67. The smallest absolute Gasteiger partial charge is 0.759 e. The van der Waals surface area contributed by atoms with Crippen LogP contribution in [0.2, 0.25) is 0 Å². The maximum atomic E-state index is 8.52. The average Bonchev–Trinajstić information content (AvgIpc) is 2.17. The van der Waals surface area contributed by atoms with E-state index in [1.54, 1.807) is 0 Å². The summed E-state index contributed by atoms with van der Waals surface area (Å²) in [6.07, 6.45) is 4.79. The number of nitrogens with two attached hydrogens (primary N) is 2. The Labute approximate surface area is 168 Å². The molecule has 0 heterocycles. The van der Waals surface area contributed by atoms with Crippen LogP contribution in [-0.4, -0.2) is 100 Å². The van der Waals surface area contributed by atoms with Gasteiger partial charge in [0, 0.05) is 31.2 Å². The van der Waals surface area contributed by atoms with E-state index in [9.17, 15) is 0 Å². The monoisotopic (exact) mass is 458 g/mol. The molecule has 25 heavy (non-hydrogen) atoms. The maximum Gasteiger partial charge on any atom is 3.00 e. The summed E-state index contributed by atoms with van der Waals surface area (Å²) in [5.41, 5.74) is 10.6. The molecule has 14 nitrogen and oxygen atoms in total. The molecule has 0 aliphatic rings. The number of hydrogen-bond donors (Lipinski definition) is 2. The first-order valence-corrected chi connectivity index (χ1v) is 9.32. The van der Waals surface area contributed by atoms with Crippen molar-refractivity contribution in [3.8, 4) is 0 Å². The van der Waals surface area contributed by atoms with E-state index in [1.807, 2.05) is 0 Å². The molecule has 0 aliphatic carbocycles. The molecule has 4 N–H and O–H groups in total. The molecule has 0 aliphatic heterocycles. The Morgan fingerprint density at radius 1 is 0.480 bits per heavy atom. The molecular weight excluding hydrogens is 442 g/mol. The summed E-state index contributed by atoms with van der Waals surface area (Å²) >= 11 is 0. The number of rotatable bonds is 5. The van der Waals surface area contributed by atoms with Crippen LogP contribution < -0.4 is 11.5 Å². The molecule has 0 spiro atoms. The van der Waals surface area contributed by atoms with Gasteiger partial charge in [0.2, 0.25) is 0 Å². The van der Waals surface area contributed by atoms with Crippen molar-refractivity contribution < 1.29 is 52.6 Å². The molecule has 0 unspecified atom stereocenters. The minimum absolute atomic E-state index is 0. The predicted octanol–water partition coefficient (Wildman–Crippen LogP) is -4.31. The fourth-order valence-corrected chi connectivity index (χ4v) is 0.642. The average molecular weight is 458 g/mol. The Balaban J connectivity index is -0.0000000481. The largest absolute Gasteiger partial charge is 3.00 e. The van der Waals surface area contributed by atoms with Crippen LogP contribution in [0.1, 0.15) is 25.7 Å². The maximum absolute atomic E-state index is 8.52. The van der Waals surface area contributed by atoms with E-state index in [2.05, 4.69) is 0 Å². The molecule has 0 amide bonds. The molecule has 0 aromatic rings. The Kier molecular flexibility index (Phi) is 36.5. The van der Waals surface area contributed by atoms with Gasteiger partial charge in [-0.2, -0.15) is 0 Å². The Morgan fingerprint density at radius 2 is 0.600 bits per heavy atom. The Bertz CT molecular complexity index is 448. The quantitative estimate of drug-likeness (QED) is 0.170. The minimum atomic E-state index is -5.17. The molecule has 0 aromatic carbocycles. The van der Waals surface area contributed by atoms with E-state index in [0.717, 1.165) is 25.9 Å². The fraction of sp³-hybridized carbons (Fsp3) is 1.00. The minimum Gasteiger partial charge on any atom is -0.759 e. The van der Waals surface area contributed by atoms with E-state index in [-0.39, 0.29) is 34.7 Å². The van der Waals surface area contributed by atoms with Crippen LogP contribution in [0.5, 0.6) is 0 Å². The van der Waals surface area contributed by atoms with Crippen LogP contribution in [-0.2, 0) is 31.2 Å². The van der Waals surface area contributed by atoms with Gasteiger partial charge in [-0.25, -0.2) is 0 Å². The third kappa shape index (κ3) is 401. The van der Waals surface area contributed by atoms with Crippen molar-refractivity contribution in [2.75, 3.05) is 13.1 Å². The molecular formula is C6H16Al2N2O12S3. The zero-order valence-electron chi connectivity index (χ0n) is 12.7. The summed E-state index contributed by atoms with van der Waals surface area (Å²) in [6, 6.07) is 0. The van der Waals surface area contributed by atoms with E-state index in [4.69, 9.17) is 64.0 Å². The third-order valence-electron chi connectivity index (χ3n) is 1.16. The van der Waals surface area contributed by atoms with Crippen LogP contribution in [0, 0.1) is 0 Å². The molecule has 0 bridgehead atoms. The zero-order chi connectivity index (χ0) is 19.7. The first kappa shape index (κ1) is 40.3. The van der Waals surface area contributed by atoms with Crippen molar-refractivity contribution in [1.29, 1.82) is 0 Å². The van der Waals surface area contributed by atoms with Crippen LogP contribution in [0.4, 0.5) is 0 Å². The van der Waals surface area contributed by atoms with Crippen molar-refractivity contribution >= 4 is 65.9 Å². The van der Waals surface area contributed by atoms with E-state index in [1.165, 1.54) is 12.8 Å². The Hall–Kier alpha value is 0.595. The van der Waals surface area contributed by atoms with Gasteiger partial charge in [0.15, 0.2) is 0 Å². The molecule has 0 atom stereocenters. The van der Waals surface area contributed by atoms with Crippen LogP contribution in [0.15, 0.2) is 0 Å². The summed E-state index contributed by atoms with van der Waals surface area (Å²) in [4.78, 5) is 0. The summed E-state index contributed by atoms with van der Waals surface area (Å²) in [6.45, 7) is 1.65. The van der Waals surface area contributed by atoms with E-state index >= 15 is 0 Å². The predicted molar refractivity (Wildman–Crippen MR) is 79.5 cm³/mol. The van der Waals surface area contributed by atoms with Gasteiger partial charge in [0.05, 0.1) is 0 Å². The van der Waals surface area contributed by atoms with Crippen molar-refractivity contribution in [1.82, 2.24) is 0 Å². The van der Waals surface area contributed by atoms with Crippen molar-refractivity contribution in [3.05, 3.63) is 0 Å². The standard InChI is InChI=1S/C6H16N2.2Al.3H2O4S/c7-5-3-1-2-4-6-8;;;3*1-5(2,3)4/h1-8H2;;;3*(H2,1,2,3,4)/q;2*+3;;;/p-6. The Morgan fingerprint density at radius 3 is 0.680 bits per heavy atom. The van der Waals surface area contributed by atoms with Gasteiger partial charge >= 0.3 is 34.7 Å². The fourth-order valence-electron chi connectivity index (χ4n) is 0.642. The first-order chi connectivity index (χ1) is 9.91. The number of unbranched alkanes of at least 4 members (excludes halogenated alkanes) is 3. The second-order valence-electron chi connectivity index (χ2n) is 3.22.